The van der Waals surface area contributed by atoms with Gasteiger partial charge >= 0.3 is 0 Å². The molecule has 7 nitrogen and oxygen atoms in total. The molecule has 2 rings (SSSR count). The van der Waals surface area contributed by atoms with Gasteiger partial charge in [0.25, 0.3) is 0 Å². The Labute approximate surface area is 110 Å². The van der Waals surface area contributed by atoms with E-state index < -0.39 is 0 Å². The fourth-order valence-corrected chi connectivity index (χ4v) is 1.67. The molecule has 19 heavy (non-hydrogen) atoms. The molecular weight excluding hydrogens is 244 g/mol. The quantitative estimate of drug-likeness (QED) is 0.682. The molecule has 0 aliphatic heterocycles. The van der Waals surface area contributed by atoms with Gasteiger partial charge in [0.15, 0.2) is 5.82 Å². The van der Waals surface area contributed by atoms with Gasteiger partial charge in [0.1, 0.15) is 0 Å². The van der Waals surface area contributed by atoms with Crippen LogP contribution in [0.2, 0.25) is 0 Å². The number of amides is 1. The maximum Gasteiger partial charge on any atom is 0.220 e. The highest BCUT2D eigenvalue weighted by atomic mass is 16.1. The van der Waals surface area contributed by atoms with Crippen molar-refractivity contribution in [3.8, 4) is 0 Å². The molecule has 1 atom stereocenters. The van der Waals surface area contributed by atoms with E-state index in [9.17, 15) is 4.79 Å². The summed E-state index contributed by atoms with van der Waals surface area (Å²) in [6.45, 7) is 1.81. The van der Waals surface area contributed by atoms with E-state index in [4.69, 9.17) is 5.73 Å². The maximum absolute atomic E-state index is 11.8. The van der Waals surface area contributed by atoms with Crippen molar-refractivity contribution in [3.05, 3.63) is 35.7 Å². The van der Waals surface area contributed by atoms with E-state index in [-0.39, 0.29) is 11.9 Å². The van der Waals surface area contributed by atoms with Gasteiger partial charge in [0.2, 0.25) is 5.91 Å². The number of aromatic nitrogens is 4. The van der Waals surface area contributed by atoms with Crippen LogP contribution in [-0.4, -0.2) is 26.5 Å². The summed E-state index contributed by atoms with van der Waals surface area (Å²) in [4.78, 5) is 11.8. The van der Waals surface area contributed by atoms with E-state index in [1.54, 1.807) is 0 Å². The molecule has 0 saturated heterocycles. The average molecular weight is 260 g/mol. The Morgan fingerprint density at radius 1 is 1.42 bits per heavy atom. The normalized spacial score (nSPS) is 12.1. The van der Waals surface area contributed by atoms with Crippen LogP contribution < -0.4 is 11.1 Å². The number of H-pyrrole nitrogens is 1. The van der Waals surface area contributed by atoms with Gasteiger partial charge in [-0.3, -0.25) is 4.79 Å². The molecule has 0 saturated carbocycles. The first-order chi connectivity index (χ1) is 9.15. The molecule has 1 heterocycles. The number of aromatic amines is 1. The minimum Gasteiger partial charge on any atom is -0.399 e. The summed E-state index contributed by atoms with van der Waals surface area (Å²) >= 11 is 0. The second-order valence-corrected chi connectivity index (χ2v) is 4.30. The third-order valence-electron chi connectivity index (χ3n) is 2.75. The zero-order chi connectivity index (χ0) is 13.7. The van der Waals surface area contributed by atoms with Crippen molar-refractivity contribution in [2.75, 3.05) is 5.73 Å². The van der Waals surface area contributed by atoms with E-state index in [2.05, 4.69) is 25.9 Å². The Morgan fingerprint density at radius 3 is 2.79 bits per heavy atom. The van der Waals surface area contributed by atoms with Gasteiger partial charge < -0.3 is 11.1 Å². The predicted octanol–water partition coefficient (Wildman–Crippen LogP) is 0.592. The number of nitrogens with two attached hydrogens (primary N) is 1. The van der Waals surface area contributed by atoms with Crippen LogP contribution in [0.3, 0.4) is 0 Å². The minimum atomic E-state index is -0.252. The smallest absolute Gasteiger partial charge is 0.220 e. The molecule has 0 radical (unpaired) electrons. The average Bonchev–Trinajstić information content (AvgIpc) is 2.92. The van der Waals surface area contributed by atoms with Crippen LogP contribution in [0.5, 0.6) is 0 Å². The summed E-state index contributed by atoms with van der Waals surface area (Å²) in [7, 11) is 0. The molecule has 4 N–H and O–H groups in total. The van der Waals surface area contributed by atoms with Crippen LogP contribution in [0.4, 0.5) is 5.69 Å². The third kappa shape index (κ3) is 3.77. The Bertz CT molecular complexity index is 522. The van der Waals surface area contributed by atoms with Crippen LogP contribution in [0.15, 0.2) is 24.3 Å². The number of tetrazole rings is 1. The summed E-state index contributed by atoms with van der Waals surface area (Å²) in [6.07, 6.45) is 1.08. The zero-order valence-electron chi connectivity index (χ0n) is 10.6. The highest BCUT2D eigenvalue weighted by molar-refractivity contribution is 5.76. The molecule has 1 aromatic carbocycles. The van der Waals surface area contributed by atoms with Gasteiger partial charge in [-0.1, -0.05) is 17.3 Å². The van der Waals surface area contributed by atoms with Gasteiger partial charge in [-0.2, -0.15) is 5.21 Å². The van der Waals surface area contributed by atoms with Gasteiger partial charge in [0, 0.05) is 12.1 Å². The molecular formula is C12H16N6O. The Hall–Kier alpha value is -2.44. The van der Waals surface area contributed by atoms with Crippen molar-refractivity contribution in [1.82, 2.24) is 25.9 Å². The van der Waals surface area contributed by atoms with Crippen LogP contribution >= 0.6 is 0 Å². The minimum absolute atomic E-state index is 0.0471. The number of carbonyl (C=O) groups excluding carboxylic acids is 1. The first kappa shape index (κ1) is 13.0. The summed E-state index contributed by atoms with van der Waals surface area (Å²) in [5.74, 6) is 0.426. The number of aryl methyl sites for hydroxylation is 1. The van der Waals surface area contributed by atoms with E-state index in [0.29, 0.717) is 18.7 Å². The highest BCUT2D eigenvalue weighted by Gasteiger charge is 2.13. The molecule has 0 aliphatic rings. The van der Waals surface area contributed by atoms with Gasteiger partial charge in [0.05, 0.1) is 6.04 Å². The number of nitrogens with one attached hydrogen (secondary N) is 2. The second-order valence-electron chi connectivity index (χ2n) is 4.30. The summed E-state index contributed by atoms with van der Waals surface area (Å²) in [6, 6.07) is 7.25. The fraction of sp³-hybridized carbons (Fsp3) is 0.333. The standard InChI is InChI=1S/C12H16N6O/c1-8(12-15-17-18-16-12)14-11(19)7-4-9-2-5-10(13)6-3-9/h2-3,5-6,8H,4,7,13H2,1H3,(H,14,19)(H,15,16,17,18). The van der Waals surface area contributed by atoms with Crippen molar-refractivity contribution in [2.24, 2.45) is 0 Å². The summed E-state index contributed by atoms with van der Waals surface area (Å²) in [5.41, 5.74) is 7.40. The number of carbonyl (C=O) groups is 1. The van der Waals surface area contributed by atoms with Gasteiger partial charge in [-0.25, -0.2) is 0 Å². The molecule has 0 spiro atoms. The molecule has 0 fully saturated rings. The van der Waals surface area contributed by atoms with Gasteiger partial charge in [-0.15, -0.1) is 10.2 Å². The maximum atomic E-state index is 11.8. The number of nitrogens with zero attached hydrogens (tertiary/aromatic N) is 3. The Morgan fingerprint density at radius 2 is 2.16 bits per heavy atom. The highest BCUT2D eigenvalue weighted by Crippen LogP contribution is 2.09. The lowest BCUT2D eigenvalue weighted by Gasteiger charge is -2.09. The SMILES string of the molecule is CC(NC(=O)CCc1ccc(N)cc1)c1nn[nH]n1. The Kier molecular flexibility index (Phi) is 4.07. The van der Waals surface area contributed by atoms with E-state index >= 15 is 0 Å². The van der Waals surface area contributed by atoms with Crippen molar-refractivity contribution < 1.29 is 4.79 Å². The molecule has 0 aliphatic carbocycles. The lowest BCUT2D eigenvalue weighted by atomic mass is 10.1. The van der Waals surface area contributed by atoms with Gasteiger partial charge in [-0.05, 0) is 31.0 Å². The fourth-order valence-electron chi connectivity index (χ4n) is 1.67. The van der Waals surface area contributed by atoms with E-state index in [0.717, 1.165) is 11.3 Å². The predicted molar refractivity (Wildman–Crippen MR) is 69.9 cm³/mol. The number of hydrogen-bond acceptors (Lipinski definition) is 5. The lowest BCUT2D eigenvalue weighted by molar-refractivity contribution is -0.121. The molecule has 100 valence electrons. The first-order valence-electron chi connectivity index (χ1n) is 6.02. The number of benzene rings is 1. The summed E-state index contributed by atoms with van der Waals surface area (Å²) in [5, 5.41) is 16.3. The van der Waals surface area contributed by atoms with E-state index in [1.165, 1.54) is 0 Å². The van der Waals surface area contributed by atoms with Crippen LogP contribution in [0, 0.1) is 0 Å². The van der Waals surface area contributed by atoms with Crippen LogP contribution in [0.25, 0.3) is 0 Å². The monoisotopic (exact) mass is 260 g/mol. The molecule has 7 heteroatoms. The molecule has 0 bridgehead atoms. The van der Waals surface area contributed by atoms with Crippen LogP contribution in [0.1, 0.15) is 30.8 Å². The van der Waals surface area contributed by atoms with E-state index in [1.807, 2.05) is 31.2 Å². The third-order valence-corrected chi connectivity index (χ3v) is 2.75. The van der Waals surface area contributed by atoms with Crippen LogP contribution in [-0.2, 0) is 11.2 Å². The molecule has 1 amide bonds. The molecule has 1 aromatic heterocycles. The van der Waals surface area contributed by atoms with Crippen molar-refractivity contribution in [1.29, 1.82) is 0 Å². The van der Waals surface area contributed by atoms with Crippen molar-refractivity contribution >= 4 is 11.6 Å². The molecule has 1 unspecified atom stereocenters. The topological polar surface area (TPSA) is 110 Å². The lowest BCUT2D eigenvalue weighted by Crippen LogP contribution is -2.27. The number of rotatable bonds is 5. The van der Waals surface area contributed by atoms with Crippen molar-refractivity contribution in [2.45, 2.75) is 25.8 Å². The number of hydrogen-bond donors (Lipinski definition) is 3. The van der Waals surface area contributed by atoms with Crippen molar-refractivity contribution in [3.63, 3.8) is 0 Å². The first-order valence-corrected chi connectivity index (χ1v) is 6.02. The number of nitrogen functional groups attached to an aromatic ring is 1. The Balaban J connectivity index is 1.80. The zero-order valence-corrected chi connectivity index (χ0v) is 10.6. The summed E-state index contributed by atoms with van der Waals surface area (Å²) < 4.78 is 0. The largest absolute Gasteiger partial charge is 0.399 e. The second kappa shape index (κ2) is 5.94. The number of anilines is 1. The molecule has 2 aromatic rings.